The Hall–Kier alpha value is -2.81. The SMILES string of the molecule is CC(C)(C)OC(=O)OC(=O)OC(C)(C)C.COc1ccc([C@@H](C)NCC(=O)O)cc1. The van der Waals surface area contributed by atoms with Gasteiger partial charge in [0, 0.05) is 6.04 Å². The predicted octanol–water partition coefficient (Wildman–Crippen LogP) is 4.30. The van der Waals surface area contributed by atoms with Crippen LogP contribution in [0.25, 0.3) is 0 Å². The van der Waals surface area contributed by atoms with Crippen LogP contribution >= 0.6 is 0 Å². The zero-order chi connectivity index (χ0) is 23.5. The molecule has 2 N–H and O–H groups in total. The summed E-state index contributed by atoms with van der Waals surface area (Å²) in [5.41, 5.74) is -0.352. The van der Waals surface area contributed by atoms with Crippen molar-refractivity contribution >= 4 is 18.3 Å². The number of ether oxygens (including phenoxy) is 4. The maximum Gasteiger partial charge on any atom is 0.519 e. The number of aliphatic carboxylic acids is 1. The summed E-state index contributed by atoms with van der Waals surface area (Å²) in [6.45, 7) is 11.9. The molecule has 170 valence electrons. The van der Waals surface area contributed by atoms with E-state index in [1.807, 2.05) is 31.2 Å². The molecular weight excluding hydrogens is 394 g/mol. The highest BCUT2D eigenvalue weighted by molar-refractivity contribution is 5.77. The first-order valence-electron chi connectivity index (χ1n) is 9.36. The van der Waals surface area contributed by atoms with Crippen LogP contribution in [0.1, 0.15) is 60.1 Å². The highest BCUT2D eigenvalue weighted by atomic mass is 16.8. The molecule has 0 bridgehead atoms. The topological polar surface area (TPSA) is 120 Å². The number of nitrogens with one attached hydrogen (secondary N) is 1. The van der Waals surface area contributed by atoms with Crippen LogP contribution in [0.4, 0.5) is 9.59 Å². The number of hydrogen-bond donors (Lipinski definition) is 2. The molecule has 1 aromatic carbocycles. The summed E-state index contributed by atoms with van der Waals surface area (Å²) in [7, 11) is 1.61. The summed E-state index contributed by atoms with van der Waals surface area (Å²) < 4.78 is 18.8. The molecule has 0 saturated carbocycles. The molecule has 0 heterocycles. The zero-order valence-corrected chi connectivity index (χ0v) is 18.9. The Bertz CT molecular complexity index is 660. The molecule has 1 atom stereocenters. The minimum absolute atomic E-state index is 0.0204. The van der Waals surface area contributed by atoms with Crippen LogP contribution in [0.2, 0.25) is 0 Å². The number of carboxylic acid groups (broad SMARTS) is 1. The fourth-order valence-electron chi connectivity index (χ4n) is 1.86. The Labute approximate surface area is 177 Å². The van der Waals surface area contributed by atoms with E-state index in [0.717, 1.165) is 11.3 Å². The second-order valence-electron chi connectivity index (χ2n) is 8.30. The van der Waals surface area contributed by atoms with Crippen LogP contribution < -0.4 is 10.1 Å². The minimum Gasteiger partial charge on any atom is -0.497 e. The van der Waals surface area contributed by atoms with E-state index in [4.69, 9.17) is 19.3 Å². The van der Waals surface area contributed by atoms with Crippen LogP contribution in [0.15, 0.2) is 24.3 Å². The summed E-state index contributed by atoms with van der Waals surface area (Å²) in [4.78, 5) is 32.4. The van der Waals surface area contributed by atoms with Crippen LogP contribution in [0, 0.1) is 0 Å². The second kappa shape index (κ2) is 12.0. The van der Waals surface area contributed by atoms with Gasteiger partial charge >= 0.3 is 18.3 Å². The van der Waals surface area contributed by atoms with Crippen molar-refractivity contribution in [3.05, 3.63) is 29.8 Å². The number of methoxy groups -OCH3 is 1. The summed E-state index contributed by atoms with van der Waals surface area (Å²) in [5.74, 6) is -0.0560. The number of carbonyl (C=O) groups excluding carboxylic acids is 2. The van der Waals surface area contributed by atoms with Crippen molar-refractivity contribution in [1.29, 1.82) is 0 Å². The van der Waals surface area contributed by atoms with Crippen molar-refractivity contribution < 1.29 is 38.4 Å². The van der Waals surface area contributed by atoms with Crippen molar-refractivity contribution in [1.82, 2.24) is 5.32 Å². The fourth-order valence-corrected chi connectivity index (χ4v) is 1.86. The molecule has 0 amide bonds. The van der Waals surface area contributed by atoms with Gasteiger partial charge in [0.05, 0.1) is 13.7 Å². The molecule has 9 nitrogen and oxygen atoms in total. The van der Waals surface area contributed by atoms with E-state index in [-0.39, 0.29) is 12.6 Å². The van der Waals surface area contributed by atoms with Gasteiger partial charge in [-0.15, -0.1) is 0 Å². The largest absolute Gasteiger partial charge is 0.519 e. The third kappa shape index (κ3) is 14.2. The molecule has 0 radical (unpaired) electrons. The monoisotopic (exact) mass is 427 g/mol. The molecule has 9 heteroatoms. The summed E-state index contributed by atoms with van der Waals surface area (Å²) in [5, 5.41) is 11.4. The Balaban J connectivity index is 0.000000561. The van der Waals surface area contributed by atoms with Gasteiger partial charge in [0.15, 0.2) is 0 Å². The average Bonchev–Trinajstić information content (AvgIpc) is 2.56. The molecule has 30 heavy (non-hydrogen) atoms. The third-order valence-corrected chi connectivity index (χ3v) is 3.12. The number of hydrogen-bond acceptors (Lipinski definition) is 8. The quantitative estimate of drug-likeness (QED) is 0.523. The van der Waals surface area contributed by atoms with Gasteiger partial charge in [-0.05, 0) is 66.2 Å². The van der Waals surface area contributed by atoms with Crippen molar-refractivity contribution in [3.8, 4) is 5.75 Å². The zero-order valence-electron chi connectivity index (χ0n) is 18.9. The molecule has 0 aliphatic carbocycles. The normalized spacial score (nSPS) is 12.0. The number of benzene rings is 1. The molecule has 0 spiro atoms. The second-order valence-corrected chi connectivity index (χ2v) is 8.30. The van der Waals surface area contributed by atoms with Crippen molar-refractivity contribution in [3.63, 3.8) is 0 Å². The van der Waals surface area contributed by atoms with Gasteiger partial charge in [-0.3, -0.25) is 4.79 Å². The smallest absolute Gasteiger partial charge is 0.497 e. The maximum absolute atomic E-state index is 11.0. The molecule has 1 rings (SSSR count). The summed E-state index contributed by atoms with van der Waals surface area (Å²) in [6, 6.07) is 7.56. The summed E-state index contributed by atoms with van der Waals surface area (Å²) >= 11 is 0. The highest BCUT2D eigenvalue weighted by Crippen LogP contribution is 2.16. The van der Waals surface area contributed by atoms with E-state index in [9.17, 15) is 14.4 Å². The first kappa shape index (κ1) is 27.2. The number of rotatable bonds is 5. The lowest BCUT2D eigenvalue weighted by atomic mass is 10.1. The van der Waals surface area contributed by atoms with Crippen LogP contribution in [-0.2, 0) is 19.0 Å². The van der Waals surface area contributed by atoms with Gasteiger partial charge in [-0.1, -0.05) is 12.1 Å². The number of carbonyl (C=O) groups is 3. The first-order valence-corrected chi connectivity index (χ1v) is 9.36. The molecule has 0 unspecified atom stereocenters. The van der Waals surface area contributed by atoms with E-state index in [2.05, 4.69) is 10.1 Å². The van der Waals surface area contributed by atoms with Gasteiger partial charge in [0.1, 0.15) is 17.0 Å². The first-order chi connectivity index (χ1) is 13.6. The van der Waals surface area contributed by atoms with Gasteiger partial charge < -0.3 is 29.4 Å². The van der Waals surface area contributed by atoms with E-state index in [1.54, 1.807) is 48.7 Å². The molecule has 1 aromatic rings. The van der Waals surface area contributed by atoms with E-state index < -0.39 is 29.5 Å². The Morgan fingerprint density at radius 3 is 1.70 bits per heavy atom. The average molecular weight is 427 g/mol. The van der Waals surface area contributed by atoms with Crippen molar-refractivity contribution in [2.45, 2.75) is 65.7 Å². The van der Waals surface area contributed by atoms with E-state index in [1.165, 1.54) is 0 Å². The molecule has 0 aromatic heterocycles. The van der Waals surface area contributed by atoms with Crippen molar-refractivity contribution in [2.24, 2.45) is 0 Å². The van der Waals surface area contributed by atoms with Gasteiger partial charge in [0.2, 0.25) is 0 Å². The lowest BCUT2D eigenvalue weighted by Crippen LogP contribution is -2.29. The summed E-state index contributed by atoms with van der Waals surface area (Å²) in [6.07, 6.45) is -2.12. The highest BCUT2D eigenvalue weighted by Gasteiger charge is 2.24. The van der Waals surface area contributed by atoms with Crippen molar-refractivity contribution in [2.75, 3.05) is 13.7 Å². The molecular formula is C21H33NO8. The molecule has 0 fully saturated rings. The molecule has 0 aliphatic heterocycles. The van der Waals surface area contributed by atoms with Crippen LogP contribution in [0.3, 0.4) is 0 Å². The standard InChI is InChI=1S/C11H15NO3.C10H18O5/c1-8(12-7-11(13)14)9-3-5-10(15-2)6-4-9;1-9(2,3)14-7(11)13-8(12)15-10(4,5)6/h3-6,8,12H,7H2,1-2H3,(H,13,14);1-6H3/t8-;/m1./s1. The lowest BCUT2D eigenvalue weighted by molar-refractivity contribution is -0.136. The third-order valence-electron chi connectivity index (χ3n) is 3.12. The van der Waals surface area contributed by atoms with Gasteiger partial charge in [0.25, 0.3) is 0 Å². The van der Waals surface area contributed by atoms with Crippen LogP contribution in [0.5, 0.6) is 5.75 Å². The fraction of sp³-hybridized carbons (Fsp3) is 0.571. The Morgan fingerprint density at radius 1 is 0.933 bits per heavy atom. The van der Waals surface area contributed by atoms with Gasteiger partial charge in [-0.25, -0.2) is 9.59 Å². The minimum atomic E-state index is -1.06. The molecule has 0 aliphatic rings. The van der Waals surface area contributed by atoms with E-state index in [0.29, 0.717) is 0 Å². The Kier molecular flexibility index (Phi) is 10.9. The number of carboxylic acids is 1. The van der Waals surface area contributed by atoms with Crippen LogP contribution in [-0.4, -0.2) is 48.2 Å². The lowest BCUT2D eigenvalue weighted by Gasteiger charge is -2.20. The predicted molar refractivity (Wildman–Crippen MR) is 111 cm³/mol. The Morgan fingerprint density at radius 2 is 1.37 bits per heavy atom. The van der Waals surface area contributed by atoms with Gasteiger partial charge in [-0.2, -0.15) is 0 Å². The van der Waals surface area contributed by atoms with E-state index >= 15 is 0 Å². The molecule has 0 saturated heterocycles. The maximum atomic E-state index is 11.0.